The van der Waals surface area contributed by atoms with E-state index in [1.807, 2.05) is 18.7 Å². The summed E-state index contributed by atoms with van der Waals surface area (Å²) in [7, 11) is 0. The van der Waals surface area contributed by atoms with Crippen LogP contribution in [0.5, 0.6) is 0 Å². The van der Waals surface area contributed by atoms with Gasteiger partial charge in [0.25, 0.3) is 0 Å². The summed E-state index contributed by atoms with van der Waals surface area (Å²) in [6.45, 7) is 5.11. The van der Waals surface area contributed by atoms with Crippen molar-refractivity contribution in [2.24, 2.45) is 0 Å². The number of hydrogen-bond acceptors (Lipinski definition) is 3. The number of nitrogens with one attached hydrogen (secondary N) is 1. The predicted molar refractivity (Wildman–Crippen MR) is 77.1 cm³/mol. The first kappa shape index (κ1) is 14.5. The van der Waals surface area contributed by atoms with Crippen molar-refractivity contribution in [2.45, 2.75) is 64.1 Å². The number of ether oxygens (including phenoxy) is 1. The number of rotatable bonds is 8. The quantitative estimate of drug-likeness (QED) is 0.734. The normalized spacial score (nSPS) is 18.6. The van der Waals surface area contributed by atoms with Crippen molar-refractivity contribution in [3.05, 3.63) is 18.7 Å². The zero-order valence-electron chi connectivity index (χ0n) is 12.1. The lowest BCUT2D eigenvalue weighted by atomic mass is 9.98. The third-order valence-corrected chi connectivity index (χ3v) is 3.76. The molecule has 0 amide bonds. The van der Waals surface area contributed by atoms with E-state index in [9.17, 15) is 0 Å². The maximum Gasteiger partial charge on any atom is 0.0946 e. The van der Waals surface area contributed by atoms with Crippen LogP contribution in [0.4, 0.5) is 0 Å². The van der Waals surface area contributed by atoms with Gasteiger partial charge in [-0.2, -0.15) is 0 Å². The largest absolute Gasteiger partial charge is 0.378 e. The number of nitrogens with zero attached hydrogens (tertiary/aromatic N) is 2. The topological polar surface area (TPSA) is 39.1 Å². The van der Waals surface area contributed by atoms with E-state index in [1.54, 1.807) is 0 Å². The Balaban J connectivity index is 1.47. The van der Waals surface area contributed by atoms with Crippen molar-refractivity contribution in [1.29, 1.82) is 0 Å². The summed E-state index contributed by atoms with van der Waals surface area (Å²) in [4.78, 5) is 4.05. The van der Waals surface area contributed by atoms with Crippen molar-refractivity contribution >= 4 is 0 Å². The molecule has 0 aromatic carbocycles. The highest BCUT2D eigenvalue weighted by Crippen LogP contribution is 2.20. The van der Waals surface area contributed by atoms with Gasteiger partial charge in [-0.15, -0.1) is 0 Å². The molecule has 1 aromatic rings. The molecule has 0 bridgehead atoms. The van der Waals surface area contributed by atoms with Gasteiger partial charge in [-0.1, -0.05) is 19.3 Å². The first-order chi connectivity index (χ1) is 9.34. The molecule has 4 nitrogen and oxygen atoms in total. The van der Waals surface area contributed by atoms with E-state index in [2.05, 4.69) is 21.8 Å². The van der Waals surface area contributed by atoms with Crippen molar-refractivity contribution in [3.8, 4) is 0 Å². The minimum absolute atomic E-state index is 0.476. The maximum atomic E-state index is 5.92. The second-order valence-corrected chi connectivity index (χ2v) is 5.60. The molecule has 1 N–H and O–H groups in total. The lowest BCUT2D eigenvalue weighted by Gasteiger charge is -2.22. The zero-order valence-corrected chi connectivity index (χ0v) is 12.1. The fourth-order valence-corrected chi connectivity index (χ4v) is 2.68. The van der Waals surface area contributed by atoms with Crippen LogP contribution in [0, 0.1) is 0 Å². The molecule has 0 saturated heterocycles. The van der Waals surface area contributed by atoms with Crippen LogP contribution in [0.3, 0.4) is 0 Å². The lowest BCUT2D eigenvalue weighted by molar-refractivity contribution is 0.0271. The SMILES string of the molecule is C[C@H](Cn1ccnc1)NCCCOC1CCCCC1. The van der Waals surface area contributed by atoms with E-state index in [-0.39, 0.29) is 0 Å². The van der Waals surface area contributed by atoms with Crippen molar-refractivity contribution in [2.75, 3.05) is 13.2 Å². The van der Waals surface area contributed by atoms with Crippen LogP contribution in [-0.4, -0.2) is 34.8 Å². The number of hydrogen-bond donors (Lipinski definition) is 1. The molecule has 1 fully saturated rings. The van der Waals surface area contributed by atoms with Crippen molar-refractivity contribution in [1.82, 2.24) is 14.9 Å². The molecule has 1 aliphatic carbocycles. The molecule has 1 heterocycles. The highest BCUT2D eigenvalue weighted by molar-refractivity contribution is 4.76. The Morgan fingerprint density at radius 1 is 1.37 bits per heavy atom. The van der Waals surface area contributed by atoms with E-state index in [4.69, 9.17) is 4.74 Å². The first-order valence-electron chi connectivity index (χ1n) is 7.65. The zero-order chi connectivity index (χ0) is 13.3. The van der Waals surface area contributed by atoms with Gasteiger partial charge in [0.1, 0.15) is 0 Å². The predicted octanol–water partition coefficient (Wildman–Crippen LogP) is 2.60. The molecule has 108 valence electrons. The summed E-state index contributed by atoms with van der Waals surface area (Å²) in [5.74, 6) is 0. The summed E-state index contributed by atoms with van der Waals surface area (Å²) in [5.41, 5.74) is 0. The Hall–Kier alpha value is -0.870. The Labute approximate surface area is 116 Å². The highest BCUT2D eigenvalue weighted by atomic mass is 16.5. The van der Waals surface area contributed by atoms with Gasteiger partial charge in [-0.3, -0.25) is 0 Å². The van der Waals surface area contributed by atoms with Crippen LogP contribution >= 0.6 is 0 Å². The minimum atomic E-state index is 0.476. The molecule has 0 radical (unpaired) electrons. The molecule has 0 aliphatic heterocycles. The summed E-state index contributed by atoms with van der Waals surface area (Å²) in [6.07, 6.45) is 14.0. The number of aromatic nitrogens is 2. The average molecular weight is 265 g/mol. The molecule has 0 spiro atoms. The van der Waals surface area contributed by atoms with E-state index in [0.29, 0.717) is 12.1 Å². The molecular weight excluding hydrogens is 238 g/mol. The molecule has 1 aliphatic rings. The molecular formula is C15H27N3O. The summed E-state index contributed by atoms with van der Waals surface area (Å²) in [6, 6.07) is 0.476. The van der Waals surface area contributed by atoms with Gasteiger partial charge in [0.05, 0.1) is 12.4 Å². The van der Waals surface area contributed by atoms with Crippen LogP contribution in [0.1, 0.15) is 45.4 Å². The monoisotopic (exact) mass is 265 g/mol. The van der Waals surface area contributed by atoms with Crippen molar-refractivity contribution < 1.29 is 4.74 Å². The fourth-order valence-electron chi connectivity index (χ4n) is 2.68. The van der Waals surface area contributed by atoms with Crippen LogP contribution < -0.4 is 5.32 Å². The van der Waals surface area contributed by atoms with Crippen molar-refractivity contribution in [3.63, 3.8) is 0 Å². The second kappa shape index (κ2) is 8.33. The third-order valence-electron chi connectivity index (χ3n) is 3.76. The first-order valence-corrected chi connectivity index (χ1v) is 7.65. The number of imidazole rings is 1. The van der Waals surface area contributed by atoms with Gasteiger partial charge < -0.3 is 14.6 Å². The summed E-state index contributed by atoms with van der Waals surface area (Å²) < 4.78 is 8.02. The van der Waals surface area contributed by atoms with Crippen LogP contribution in [0.15, 0.2) is 18.7 Å². The Morgan fingerprint density at radius 3 is 2.95 bits per heavy atom. The van der Waals surface area contributed by atoms with Gasteiger partial charge in [0.2, 0.25) is 0 Å². The summed E-state index contributed by atoms with van der Waals surface area (Å²) in [5, 5.41) is 3.53. The van der Waals surface area contributed by atoms with E-state index >= 15 is 0 Å². The molecule has 0 unspecified atom stereocenters. The maximum absolute atomic E-state index is 5.92. The van der Waals surface area contributed by atoms with Gasteiger partial charge >= 0.3 is 0 Å². The minimum Gasteiger partial charge on any atom is -0.378 e. The Bertz CT molecular complexity index is 320. The average Bonchev–Trinajstić information content (AvgIpc) is 2.92. The molecule has 1 aromatic heterocycles. The molecule has 4 heteroatoms. The molecule has 1 saturated carbocycles. The van der Waals surface area contributed by atoms with Gasteiger partial charge in [-0.05, 0) is 32.7 Å². The standard InChI is InChI=1S/C15H27N3O/c1-14(12-18-10-9-16-13-18)17-8-5-11-19-15-6-3-2-4-7-15/h9-10,13-15,17H,2-8,11-12H2,1H3/t14-/m1/s1. The lowest BCUT2D eigenvalue weighted by Crippen LogP contribution is -2.31. The van der Waals surface area contributed by atoms with Crippen LogP contribution in [0.2, 0.25) is 0 Å². The van der Waals surface area contributed by atoms with Crippen LogP contribution in [0.25, 0.3) is 0 Å². The van der Waals surface area contributed by atoms with Gasteiger partial charge in [0.15, 0.2) is 0 Å². The van der Waals surface area contributed by atoms with Gasteiger partial charge in [-0.25, -0.2) is 4.98 Å². The van der Waals surface area contributed by atoms with Crippen LogP contribution in [-0.2, 0) is 11.3 Å². The highest BCUT2D eigenvalue weighted by Gasteiger charge is 2.12. The fraction of sp³-hybridized carbons (Fsp3) is 0.800. The molecule has 2 rings (SSSR count). The molecule has 19 heavy (non-hydrogen) atoms. The Morgan fingerprint density at radius 2 is 2.21 bits per heavy atom. The van der Waals surface area contributed by atoms with E-state index in [1.165, 1.54) is 32.1 Å². The summed E-state index contributed by atoms with van der Waals surface area (Å²) >= 11 is 0. The second-order valence-electron chi connectivity index (χ2n) is 5.60. The van der Waals surface area contributed by atoms with E-state index in [0.717, 1.165) is 26.1 Å². The third kappa shape index (κ3) is 5.74. The molecule has 1 atom stereocenters. The van der Waals surface area contributed by atoms with Gasteiger partial charge in [0, 0.05) is 31.6 Å². The van der Waals surface area contributed by atoms with E-state index < -0.39 is 0 Å². The Kier molecular flexibility index (Phi) is 6.37. The smallest absolute Gasteiger partial charge is 0.0946 e.